The SMILES string of the molecule is CCc1ccc(OC(CC)C(=O)NCc2nc(-c3ccc(OC)cc3)no2)cc1. The Morgan fingerprint density at radius 3 is 2.38 bits per heavy atom. The summed E-state index contributed by atoms with van der Waals surface area (Å²) in [4.78, 5) is 16.8. The minimum Gasteiger partial charge on any atom is -0.497 e. The fourth-order valence-corrected chi connectivity index (χ4v) is 2.75. The molecule has 0 fully saturated rings. The van der Waals surface area contributed by atoms with E-state index in [2.05, 4.69) is 22.4 Å². The number of benzene rings is 2. The third kappa shape index (κ3) is 5.34. The highest BCUT2D eigenvalue weighted by atomic mass is 16.5. The van der Waals surface area contributed by atoms with Gasteiger partial charge in [-0.25, -0.2) is 0 Å². The fourth-order valence-electron chi connectivity index (χ4n) is 2.75. The van der Waals surface area contributed by atoms with Crippen molar-refractivity contribution in [3.63, 3.8) is 0 Å². The van der Waals surface area contributed by atoms with Crippen molar-refractivity contribution >= 4 is 5.91 Å². The number of methoxy groups -OCH3 is 1. The second-order valence-corrected chi connectivity index (χ2v) is 6.47. The Bertz CT molecular complexity index is 920. The molecule has 0 spiro atoms. The summed E-state index contributed by atoms with van der Waals surface area (Å²) >= 11 is 0. The molecule has 29 heavy (non-hydrogen) atoms. The number of ether oxygens (including phenoxy) is 2. The van der Waals surface area contributed by atoms with Gasteiger partial charge in [0.1, 0.15) is 11.5 Å². The van der Waals surface area contributed by atoms with Crippen molar-refractivity contribution in [2.45, 2.75) is 39.3 Å². The van der Waals surface area contributed by atoms with Crippen LogP contribution in [0.3, 0.4) is 0 Å². The molecule has 3 rings (SSSR count). The predicted octanol–water partition coefficient (Wildman–Crippen LogP) is 3.78. The Morgan fingerprint density at radius 1 is 1.07 bits per heavy atom. The molecular weight excluding hydrogens is 370 g/mol. The van der Waals surface area contributed by atoms with Crippen LogP contribution in [0.1, 0.15) is 31.7 Å². The summed E-state index contributed by atoms with van der Waals surface area (Å²) in [6.45, 7) is 4.13. The lowest BCUT2D eigenvalue weighted by molar-refractivity contribution is -0.128. The molecular formula is C22H25N3O4. The van der Waals surface area contributed by atoms with Crippen LogP contribution in [-0.2, 0) is 17.8 Å². The van der Waals surface area contributed by atoms with E-state index in [-0.39, 0.29) is 12.5 Å². The number of hydrogen-bond acceptors (Lipinski definition) is 6. The summed E-state index contributed by atoms with van der Waals surface area (Å²) in [6, 6.07) is 15.1. The van der Waals surface area contributed by atoms with Crippen molar-refractivity contribution in [3.05, 3.63) is 60.0 Å². The minimum absolute atomic E-state index is 0.136. The molecule has 1 heterocycles. The molecule has 0 saturated carbocycles. The Balaban J connectivity index is 1.56. The van der Waals surface area contributed by atoms with Crippen LogP contribution in [-0.4, -0.2) is 29.3 Å². The largest absolute Gasteiger partial charge is 0.497 e. The first-order valence-corrected chi connectivity index (χ1v) is 9.63. The zero-order valence-electron chi connectivity index (χ0n) is 16.8. The van der Waals surface area contributed by atoms with Crippen LogP contribution in [0.2, 0.25) is 0 Å². The zero-order chi connectivity index (χ0) is 20.6. The number of nitrogens with one attached hydrogen (secondary N) is 1. The highest BCUT2D eigenvalue weighted by Gasteiger charge is 2.19. The quantitative estimate of drug-likeness (QED) is 0.593. The van der Waals surface area contributed by atoms with Crippen LogP contribution < -0.4 is 14.8 Å². The van der Waals surface area contributed by atoms with E-state index in [9.17, 15) is 4.79 Å². The van der Waals surface area contributed by atoms with Gasteiger partial charge in [-0.15, -0.1) is 0 Å². The maximum absolute atomic E-state index is 12.5. The second kappa shape index (κ2) is 9.73. The smallest absolute Gasteiger partial charge is 0.261 e. The van der Waals surface area contributed by atoms with Gasteiger partial charge in [0.2, 0.25) is 11.7 Å². The van der Waals surface area contributed by atoms with E-state index < -0.39 is 6.10 Å². The lowest BCUT2D eigenvalue weighted by atomic mass is 10.2. The van der Waals surface area contributed by atoms with E-state index in [0.29, 0.717) is 23.9 Å². The second-order valence-electron chi connectivity index (χ2n) is 6.47. The molecule has 1 atom stereocenters. The van der Waals surface area contributed by atoms with Crippen LogP contribution in [0.15, 0.2) is 53.1 Å². The number of carbonyl (C=O) groups excluding carboxylic acids is 1. The van der Waals surface area contributed by atoms with Crippen molar-refractivity contribution in [1.29, 1.82) is 0 Å². The van der Waals surface area contributed by atoms with Crippen molar-refractivity contribution in [2.75, 3.05) is 7.11 Å². The predicted molar refractivity (Wildman–Crippen MR) is 109 cm³/mol. The summed E-state index contributed by atoms with van der Waals surface area (Å²) in [5.74, 6) is 1.97. The number of amides is 1. The van der Waals surface area contributed by atoms with Gasteiger partial charge in [-0.1, -0.05) is 31.1 Å². The summed E-state index contributed by atoms with van der Waals surface area (Å²) in [7, 11) is 1.61. The molecule has 152 valence electrons. The Hall–Kier alpha value is -3.35. The number of nitrogens with zero attached hydrogens (tertiary/aromatic N) is 2. The first-order chi connectivity index (χ1) is 14.1. The maximum atomic E-state index is 12.5. The van der Waals surface area contributed by atoms with Gasteiger partial charge in [-0.2, -0.15) is 4.98 Å². The summed E-state index contributed by atoms with van der Waals surface area (Å²) in [5.41, 5.74) is 2.02. The minimum atomic E-state index is -0.591. The van der Waals surface area contributed by atoms with Gasteiger partial charge >= 0.3 is 0 Å². The Kier molecular flexibility index (Phi) is 6.84. The molecule has 7 nitrogen and oxygen atoms in total. The molecule has 1 N–H and O–H groups in total. The number of aromatic nitrogens is 2. The first-order valence-electron chi connectivity index (χ1n) is 9.63. The molecule has 0 aliphatic rings. The lowest BCUT2D eigenvalue weighted by Crippen LogP contribution is -2.37. The summed E-state index contributed by atoms with van der Waals surface area (Å²) in [5, 5.41) is 6.76. The highest BCUT2D eigenvalue weighted by Crippen LogP contribution is 2.20. The summed E-state index contributed by atoms with van der Waals surface area (Å²) < 4.78 is 16.2. The molecule has 1 unspecified atom stereocenters. The molecule has 0 aliphatic carbocycles. The van der Waals surface area contributed by atoms with Crippen molar-refractivity contribution in [3.8, 4) is 22.9 Å². The maximum Gasteiger partial charge on any atom is 0.261 e. The van der Waals surface area contributed by atoms with Crippen LogP contribution >= 0.6 is 0 Å². The molecule has 0 radical (unpaired) electrons. The molecule has 7 heteroatoms. The molecule has 2 aromatic carbocycles. The van der Waals surface area contributed by atoms with Gasteiger partial charge < -0.3 is 19.3 Å². The van der Waals surface area contributed by atoms with E-state index in [4.69, 9.17) is 14.0 Å². The third-order valence-corrected chi connectivity index (χ3v) is 4.50. The van der Waals surface area contributed by atoms with Crippen LogP contribution in [0.4, 0.5) is 0 Å². The highest BCUT2D eigenvalue weighted by molar-refractivity contribution is 5.81. The van der Waals surface area contributed by atoms with Gasteiger partial charge in [-0.3, -0.25) is 4.79 Å². The van der Waals surface area contributed by atoms with Gasteiger partial charge in [0, 0.05) is 5.56 Å². The summed E-state index contributed by atoms with van der Waals surface area (Å²) in [6.07, 6.45) is 0.912. The molecule has 1 amide bonds. The number of carbonyl (C=O) groups is 1. The van der Waals surface area contributed by atoms with Gasteiger partial charge in [0.25, 0.3) is 5.91 Å². The fraction of sp³-hybridized carbons (Fsp3) is 0.318. The Morgan fingerprint density at radius 2 is 1.76 bits per heavy atom. The van der Waals surface area contributed by atoms with Crippen LogP contribution in [0, 0.1) is 0 Å². The number of rotatable bonds is 9. The van der Waals surface area contributed by atoms with Crippen molar-refractivity contribution in [2.24, 2.45) is 0 Å². The zero-order valence-corrected chi connectivity index (χ0v) is 16.8. The number of aryl methyl sites for hydroxylation is 1. The van der Waals surface area contributed by atoms with E-state index in [1.54, 1.807) is 7.11 Å². The van der Waals surface area contributed by atoms with E-state index >= 15 is 0 Å². The topological polar surface area (TPSA) is 86.5 Å². The van der Waals surface area contributed by atoms with Gasteiger partial charge in [-0.05, 0) is 54.8 Å². The van der Waals surface area contributed by atoms with Crippen LogP contribution in [0.25, 0.3) is 11.4 Å². The molecule has 1 aromatic heterocycles. The van der Waals surface area contributed by atoms with Crippen molar-refractivity contribution < 1.29 is 18.8 Å². The normalized spacial score (nSPS) is 11.7. The molecule has 3 aromatic rings. The average Bonchev–Trinajstić information content (AvgIpc) is 3.25. The monoisotopic (exact) mass is 395 g/mol. The third-order valence-electron chi connectivity index (χ3n) is 4.50. The lowest BCUT2D eigenvalue weighted by Gasteiger charge is -2.17. The Labute approximate surface area is 170 Å². The molecule has 0 saturated heterocycles. The van der Waals surface area contributed by atoms with Crippen molar-refractivity contribution in [1.82, 2.24) is 15.5 Å². The number of hydrogen-bond donors (Lipinski definition) is 1. The standard InChI is InChI=1S/C22H25N3O4/c1-4-15-6-10-18(11-7-15)28-19(5-2)22(26)23-14-20-24-21(25-29-20)16-8-12-17(27-3)13-9-16/h6-13,19H,4-5,14H2,1-3H3,(H,23,26). The van der Waals surface area contributed by atoms with Crippen LogP contribution in [0.5, 0.6) is 11.5 Å². The van der Waals surface area contributed by atoms with E-state index in [0.717, 1.165) is 17.7 Å². The average molecular weight is 395 g/mol. The van der Waals surface area contributed by atoms with E-state index in [1.165, 1.54) is 5.56 Å². The van der Waals surface area contributed by atoms with E-state index in [1.807, 2.05) is 55.5 Å². The molecule has 0 bridgehead atoms. The van der Waals surface area contributed by atoms with Gasteiger partial charge in [0.15, 0.2) is 6.10 Å². The van der Waals surface area contributed by atoms with Gasteiger partial charge in [0.05, 0.1) is 13.7 Å². The molecule has 0 aliphatic heterocycles. The first kappa shape index (κ1) is 20.4.